The SMILES string of the molecule is CCOP(=O)(COc1ccc(Br)cc1)OCC. The van der Waals surface area contributed by atoms with Gasteiger partial charge in [-0.2, -0.15) is 0 Å². The van der Waals surface area contributed by atoms with E-state index in [-0.39, 0.29) is 6.35 Å². The first-order valence-corrected chi connectivity index (χ1v) is 7.88. The third kappa shape index (κ3) is 5.21. The fourth-order valence-electron chi connectivity index (χ4n) is 1.19. The summed E-state index contributed by atoms with van der Waals surface area (Å²) in [5, 5.41) is 0. The van der Waals surface area contributed by atoms with E-state index in [2.05, 4.69) is 15.9 Å². The second-order valence-corrected chi connectivity index (χ2v) is 6.09. The lowest BCUT2D eigenvalue weighted by Crippen LogP contribution is -2.05. The number of rotatable bonds is 7. The molecule has 0 unspecified atom stereocenters. The van der Waals surface area contributed by atoms with E-state index in [9.17, 15) is 4.57 Å². The Kier molecular flexibility index (Phi) is 6.20. The Morgan fingerprint density at radius 3 is 2.12 bits per heavy atom. The van der Waals surface area contributed by atoms with Crippen molar-refractivity contribution in [1.82, 2.24) is 0 Å². The van der Waals surface area contributed by atoms with E-state index in [0.29, 0.717) is 19.0 Å². The second-order valence-electron chi connectivity index (χ2n) is 3.17. The van der Waals surface area contributed by atoms with E-state index in [1.54, 1.807) is 26.0 Å². The molecule has 0 aliphatic heterocycles. The van der Waals surface area contributed by atoms with Gasteiger partial charge in [0.05, 0.1) is 13.2 Å². The van der Waals surface area contributed by atoms with Crippen molar-refractivity contribution in [3.05, 3.63) is 28.7 Å². The van der Waals surface area contributed by atoms with Gasteiger partial charge in [0.15, 0.2) is 6.35 Å². The van der Waals surface area contributed by atoms with Gasteiger partial charge in [0, 0.05) is 4.47 Å². The van der Waals surface area contributed by atoms with Gasteiger partial charge in [0.25, 0.3) is 0 Å². The summed E-state index contributed by atoms with van der Waals surface area (Å²) in [6.45, 7) is 4.21. The number of hydrogen-bond donors (Lipinski definition) is 0. The Morgan fingerprint density at radius 1 is 1.12 bits per heavy atom. The van der Waals surface area contributed by atoms with Gasteiger partial charge < -0.3 is 13.8 Å². The van der Waals surface area contributed by atoms with Crippen LogP contribution in [0.5, 0.6) is 5.75 Å². The molecule has 0 spiro atoms. The van der Waals surface area contributed by atoms with Crippen LogP contribution in [0.15, 0.2) is 28.7 Å². The summed E-state index contributed by atoms with van der Waals surface area (Å²) in [4.78, 5) is 0. The van der Waals surface area contributed by atoms with Crippen LogP contribution in [0.2, 0.25) is 0 Å². The molecule has 1 aromatic carbocycles. The predicted molar refractivity (Wildman–Crippen MR) is 70.5 cm³/mol. The number of ether oxygens (including phenoxy) is 1. The van der Waals surface area contributed by atoms with E-state index in [1.807, 2.05) is 12.1 Å². The average molecular weight is 323 g/mol. The molecule has 0 saturated carbocycles. The Hall–Kier alpha value is -0.350. The van der Waals surface area contributed by atoms with Gasteiger partial charge in [0.2, 0.25) is 0 Å². The van der Waals surface area contributed by atoms with Crippen molar-refractivity contribution in [2.75, 3.05) is 19.6 Å². The maximum atomic E-state index is 12.1. The topological polar surface area (TPSA) is 44.8 Å². The van der Waals surface area contributed by atoms with E-state index < -0.39 is 7.60 Å². The van der Waals surface area contributed by atoms with Crippen molar-refractivity contribution in [1.29, 1.82) is 0 Å². The van der Waals surface area contributed by atoms with Crippen molar-refractivity contribution in [3.63, 3.8) is 0 Å². The van der Waals surface area contributed by atoms with Crippen LogP contribution in [0, 0.1) is 0 Å². The molecule has 17 heavy (non-hydrogen) atoms. The van der Waals surface area contributed by atoms with Crippen LogP contribution in [0.1, 0.15) is 13.8 Å². The summed E-state index contributed by atoms with van der Waals surface area (Å²) in [5.41, 5.74) is 0. The monoisotopic (exact) mass is 322 g/mol. The van der Waals surface area contributed by atoms with Gasteiger partial charge in [0.1, 0.15) is 5.75 Å². The molecular formula is C11H16BrO4P. The van der Waals surface area contributed by atoms with Crippen molar-refractivity contribution in [3.8, 4) is 5.75 Å². The second kappa shape index (κ2) is 7.17. The third-order valence-electron chi connectivity index (χ3n) is 1.85. The van der Waals surface area contributed by atoms with E-state index in [0.717, 1.165) is 4.47 Å². The zero-order valence-corrected chi connectivity index (χ0v) is 12.4. The zero-order chi connectivity index (χ0) is 12.7. The first-order chi connectivity index (χ1) is 8.09. The molecule has 96 valence electrons. The van der Waals surface area contributed by atoms with Crippen LogP contribution in [-0.4, -0.2) is 19.6 Å². The fraction of sp³-hybridized carbons (Fsp3) is 0.455. The molecule has 0 saturated heterocycles. The predicted octanol–water partition coefficient (Wildman–Crippen LogP) is 4.05. The molecular weight excluding hydrogens is 307 g/mol. The summed E-state index contributed by atoms with van der Waals surface area (Å²) in [6, 6.07) is 7.27. The van der Waals surface area contributed by atoms with Crippen LogP contribution in [-0.2, 0) is 13.6 Å². The third-order valence-corrected chi connectivity index (χ3v) is 4.13. The zero-order valence-electron chi connectivity index (χ0n) is 9.89. The van der Waals surface area contributed by atoms with Gasteiger partial charge in [-0.25, -0.2) is 0 Å². The molecule has 4 nitrogen and oxygen atoms in total. The molecule has 0 radical (unpaired) electrons. The maximum Gasteiger partial charge on any atom is 0.367 e. The summed E-state index contributed by atoms with van der Waals surface area (Å²) < 4.78 is 28.7. The lowest BCUT2D eigenvalue weighted by molar-refractivity contribution is 0.197. The van der Waals surface area contributed by atoms with Gasteiger partial charge >= 0.3 is 7.60 Å². The summed E-state index contributed by atoms with van der Waals surface area (Å²) in [7, 11) is -3.13. The first-order valence-electron chi connectivity index (χ1n) is 5.36. The van der Waals surface area contributed by atoms with E-state index in [1.165, 1.54) is 0 Å². The van der Waals surface area contributed by atoms with Crippen LogP contribution in [0.25, 0.3) is 0 Å². The molecule has 6 heteroatoms. The molecule has 1 rings (SSSR count). The molecule has 0 amide bonds. The largest absolute Gasteiger partial charge is 0.481 e. The van der Waals surface area contributed by atoms with Crippen molar-refractivity contribution < 1.29 is 18.3 Å². The smallest absolute Gasteiger partial charge is 0.367 e. The Bertz CT molecular complexity index is 370. The lowest BCUT2D eigenvalue weighted by atomic mass is 10.3. The minimum Gasteiger partial charge on any atom is -0.481 e. The van der Waals surface area contributed by atoms with Crippen molar-refractivity contribution in [2.45, 2.75) is 13.8 Å². The van der Waals surface area contributed by atoms with E-state index >= 15 is 0 Å². The molecule has 0 atom stereocenters. The van der Waals surface area contributed by atoms with Gasteiger partial charge in [-0.3, -0.25) is 4.57 Å². The normalized spacial score (nSPS) is 11.5. The van der Waals surface area contributed by atoms with E-state index in [4.69, 9.17) is 13.8 Å². The standard InChI is InChI=1S/C11H16BrO4P/c1-3-15-17(13,16-4-2)9-14-11-7-5-10(12)6-8-11/h5-8H,3-4,9H2,1-2H3. The summed E-state index contributed by atoms with van der Waals surface area (Å²) >= 11 is 3.33. The minimum absolute atomic E-state index is 0.0731. The Morgan fingerprint density at radius 2 is 1.65 bits per heavy atom. The van der Waals surface area contributed by atoms with Gasteiger partial charge in [-0.15, -0.1) is 0 Å². The lowest BCUT2D eigenvalue weighted by Gasteiger charge is -2.17. The van der Waals surface area contributed by atoms with Gasteiger partial charge in [-0.1, -0.05) is 15.9 Å². The van der Waals surface area contributed by atoms with Crippen LogP contribution < -0.4 is 4.74 Å². The van der Waals surface area contributed by atoms with Crippen molar-refractivity contribution in [2.24, 2.45) is 0 Å². The highest BCUT2D eigenvalue weighted by Gasteiger charge is 2.24. The maximum absolute atomic E-state index is 12.1. The number of benzene rings is 1. The highest BCUT2D eigenvalue weighted by atomic mass is 79.9. The molecule has 0 aliphatic carbocycles. The molecule has 0 heterocycles. The average Bonchev–Trinajstić information content (AvgIpc) is 2.29. The molecule has 0 N–H and O–H groups in total. The molecule has 0 aliphatic rings. The molecule has 0 fully saturated rings. The van der Waals surface area contributed by atoms with Gasteiger partial charge in [-0.05, 0) is 38.1 Å². The van der Waals surface area contributed by atoms with Crippen molar-refractivity contribution >= 4 is 23.5 Å². The summed E-state index contributed by atoms with van der Waals surface area (Å²) in [6.07, 6.45) is -0.0731. The number of hydrogen-bond acceptors (Lipinski definition) is 4. The highest BCUT2D eigenvalue weighted by molar-refractivity contribution is 9.10. The first kappa shape index (κ1) is 14.7. The summed E-state index contributed by atoms with van der Waals surface area (Å²) in [5.74, 6) is 0.632. The molecule has 0 aromatic heterocycles. The quantitative estimate of drug-likeness (QED) is 0.710. The van der Waals surface area contributed by atoms with Crippen LogP contribution in [0.4, 0.5) is 0 Å². The number of halogens is 1. The van der Waals surface area contributed by atoms with Crippen LogP contribution in [0.3, 0.4) is 0 Å². The minimum atomic E-state index is -3.13. The van der Waals surface area contributed by atoms with Crippen LogP contribution >= 0.6 is 23.5 Å². The Balaban J connectivity index is 2.57. The molecule has 1 aromatic rings. The molecule has 0 bridgehead atoms. The fourth-order valence-corrected chi connectivity index (χ4v) is 2.77. The Labute approximate surface area is 110 Å². The highest BCUT2D eigenvalue weighted by Crippen LogP contribution is 2.47.